The molecule has 1 aliphatic rings. The minimum atomic E-state index is 0. The summed E-state index contributed by atoms with van der Waals surface area (Å²) < 4.78 is 0.835. The largest absolute Gasteiger partial charge is 0.340 e. The van der Waals surface area contributed by atoms with Crippen LogP contribution in [0.4, 0.5) is 0 Å². The number of hydrogen-bond acceptors (Lipinski definition) is 4. The molecule has 108 valence electrons. The number of nitrogens with two attached hydrogens (primary N) is 1. The lowest BCUT2D eigenvalue weighted by Crippen LogP contribution is -2.48. The zero-order valence-corrected chi connectivity index (χ0v) is 13.1. The smallest absolute Gasteiger partial charge is 0.223 e. The summed E-state index contributed by atoms with van der Waals surface area (Å²) in [6.07, 6.45) is 0.459. The molecule has 1 aliphatic heterocycles. The molecule has 0 bridgehead atoms. The van der Waals surface area contributed by atoms with Gasteiger partial charge < -0.3 is 10.6 Å². The van der Waals surface area contributed by atoms with Gasteiger partial charge in [-0.15, -0.1) is 23.7 Å². The molecule has 0 aliphatic carbocycles. The van der Waals surface area contributed by atoms with Crippen molar-refractivity contribution in [1.29, 1.82) is 0 Å². The highest BCUT2D eigenvalue weighted by molar-refractivity contribution is 7.16. The van der Waals surface area contributed by atoms with E-state index in [-0.39, 0.29) is 18.3 Å². The van der Waals surface area contributed by atoms with E-state index >= 15 is 0 Å². The summed E-state index contributed by atoms with van der Waals surface area (Å²) in [5, 5.41) is 0. The number of carbonyl (C=O) groups excluding carboxylic acids is 1. The third kappa shape index (κ3) is 4.93. The van der Waals surface area contributed by atoms with Gasteiger partial charge in [-0.25, -0.2) is 0 Å². The van der Waals surface area contributed by atoms with E-state index in [1.165, 1.54) is 4.88 Å². The number of nitrogens with zero attached hydrogens (tertiary/aromatic N) is 2. The fraction of sp³-hybridized carbons (Fsp3) is 0.583. The number of amides is 1. The number of hydrogen-bond donors (Lipinski definition) is 1. The van der Waals surface area contributed by atoms with E-state index in [9.17, 15) is 4.79 Å². The van der Waals surface area contributed by atoms with Gasteiger partial charge >= 0.3 is 0 Å². The summed E-state index contributed by atoms with van der Waals surface area (Å²) >= 11 is 7.54. The quantitative estimate of drug-likeness (QED) is 0.919. The van der Waals surface area contributed by atoms with E-state index in [2.05, 4.69) is 11.0 Å². The lowest BCUT2D eigenvalue weighted by atomic mass is 10.2. The summed E-state index contributed by atoms with van der Waals surface area (Å²) in [4.78, 5) is 17.2. The Morgan fingerprint density at radius 1 is 1.32 bits per heavy atom. The van der Waals surface area contributed by atoms with Crippen molar-refractivity contribution in [1.82, 2.24) is 9.80 Å². The molecular formula is C12H19Cl2N3OS. The van der Waals surface area contributed by atoms with Gasteiger partial charge in [0, 0.05) is 50.6 Å². The monoisotopic (exact) mass is 323 g/mol. The van der Waals surface area contributed by atoms with Crippen molar-refractivity contribution in [3.63, 3.8) is 0 Å². The van der Waals surface area contributed by atoms with Crippen LogP contribution in [0.3, 0.4) is 0 Å². The molecule has 19 heavy (non-hydrogen) atoms. The molecule has 0 radical (unpaired) electrons. The summed E-state index contributed by atoms with van der Waals surface area (Å²) in [5.74, 6) is 0.177. The van der Waals surface area contributed by atoms with Crippen molar-refractivity contribution in [2.75, 3.05) is 32.7 Å². The normalized spacial score (nSPS) is 16.2. The molecule has 7 heteroatoms. The zero-order chi connectivity index (χ0) is 13.0. The first-order valence-corrected chi connectivity index (χ1v) is 7.33. The molecule has 1 aromatic rings. The van der Waals surface area contributed by atoms with Crippen molar-refractivity contribution < 1.29 is 4.79 Å². The van der Waals surface area contributed by atoms with Gasteiger partial charge in [0.25, 0.3) is 0 Å². The van der Waals surface area contributed by atoms with Crippen LogP contribution >= 0.6 is 35.3 Å². The molecule has 0 aromatic carbocycles. The lowest BCUT2D eigenvalue weighted by molar-refractivity contribution is -0.132. The molecular weight excluding hydrogens is 305 g/mol. The Balaban J connectivity index is 0.00000180. The Labute approximate surface area is 128 Å². The average Bonchev–Trinajstić information content (AvgIpc) is 2.76. The molecule has 0 saturated carbocycles. The Bertz CT molecular complexity index is 405. The molecule has 1 amide bonds. The molecule has 0 atom stereocenters. The van der Waals surface area contributed by atoms with E-state index in [4.69, 9.17) is 17.3 Å². The predicted octanol–water partition coefficient (Wildman–Crippen LogP) is 1.82. The minimum Gasteiger partial charge on any atom is -0.340 e. The highest BCUT2D eigenvalue weighted by atomic mass is 35.5. The predicted molar refractivity (Wildman–Crippen MR) is 82.1 cm³/mol. The second kappa shape index (κ2) is 8.07. The van der Waals surface area contributed by atoms with Crippen LogP contribution in [-0.2, 0) is 11.3 Å². The second-order valence-electron chi connectivity index (χ2n) is 4.40. The molecule has 1 fully saturated rings. The van der Waals surface area contributed by atoms with Crippen molar-refractivity contribution in [2.45, 2.75) is 13.0 Å². The van der Waals surface area contributed by atoms with Gasteiger partial charge in [0.15, 0.2) is 0 Å². The van der Waals surface area contributed by atoms with Gasteiger partial charge in [-0.3, -0.25) is 9.69 Å². The Hall–Kier alpha value is -0.330. The fourth-order valence-electron chi connectivity index (χ4n) is 2.09. The van der Waals surface area contributed by atoms with Gasteiger partial charge in [0.05, 0.1) is 4.34 Å². The van der Waals surface area contributed by atoms with E-state index in [0.29, 0.717) is 13.0 Å². The van der Waals surface area contributed by atoms with E-state index in [0.717, 1.165) is 37.1 Å². The summed E-state index contributed by atoms with van der Waals surface area (Å²) in [6, 6.07) is 4.00. The highest BCUT2D eigenvalue weighted by Crippen LogP contribution is 2.23. The van der Waals surface area contributed by atoms with Gasteiger partial charge in [-0.05, 0) is 12.1 Å². The molecule has 1 saturated heterocycles. The van der Waals surface area contributed by atoms with Crippen LogP contribution in [0.15, 0.2) is 12.1 Å². The highest BCUT2D eigenvalue weighted by Gasteiger charge is 2.20. The molecule has 0 spiro atoms. The maximum Gasteiger partial charge on any atom is 0.223 e. The average molecular weight is 324 g/mol. The number of thiophene rings is 1. The fourth-order valence-corrected chi connectivity index (χ4v) is 3.22. The Morgan fingerprint density at radius 3 is 2.53 bits per heavy atom. The first-order valence-electron chi connectivity index (χ1n) is 6.13. The lowest BCUT2D eigenvalue weighted by Gasteiger charge is -2.34. The molecule has 2 N–H and O–H groups in total. The number of rotatable bonds is 4. The van der Waals surface area contributed by atoms with Crippen LogP contribution < -0.4 is 5.73 Å². The minimum absolute atomic E-state index is 0. The van der Waals surface area contributed by atoms with Gasteiger partial charge in [-0.1, -0.05) is 11.6 Å². The van der Waals surface area contributed by atoms with Crippen LogP contribution in [0.25, 0.3) is 0 Å². The summed E-state index contributed by atoms with van der Waals surface area (Å²) in [5.41, 5.74) is 5.40. The summed E-state index contributed by atoms with van der Waals surface area (Å²) in [7, 11) is 0. The van der Waals surface area contributed by atoms with Gasteiger partial charge in [0.1, 0.15) is 0 Å². The van der Waals surface area contributed by atoms with E-state index < -0.39 is 0 Å². The molecule has 2 rings (SSSR count). The second-order valence-corrected chi connectivity index (χ2v) is 6.20. The third-order valence-corrected chi connectivity index (χ3v) is 4.31. The number of carbonyl (C=O) groups is 1. The number of halogens is 2. The maximum atomic E-state index is 11.7. The van der Waals surface area contributed by atoms with Crippen molar-refractivity contribution in [3.05, 3.63) is 21.3 Å². The van der Waals surface area contributed by atoms with E-state index in [1.54, 1.807) is 11.3 Å². The number of piperazine rings is 1. The third-order valence-electron chi connectivity index (χ3n) is 3.09. The standard InChI is InChI=1S/C12H18ClN3OS.ClH/c13-11-2-1-10(18-11)9-15-5-7-16(8-6-15)12(17)3-4-14;/h1-2H,3-9,14H2;1H. The zero-order valence-electron chi connectivity index (χ0n) is 10.7. The van der Waals surface area contributed by atoms with Gasteiger partial charge in [-0.2, -0.15) is 0 Å². The summed E-state index contributed by atoms with van der Waals surface area (Å²) in [6.45, 7) is 4.82. The molecule has 2 heterocycles. The van der Waals surface area contributed by atoms with E-state index in [1.807, 2.05) is 11.0 Å². The Morgan fingerprint density at radius 2 is 2.00 bits per heavy atom. The first kappa shape index (κ1) is 16.7. The first-order chi connectivity index (χ1) is 8.69. The molecule has 4 nitrogen and oxygen atoms in total. The van der Waals surface area contributed by atoms with Crippen molar-refractivity contribution in [3.8, 4) is 0 Å². The van der Waals surface area contributed by atoms with Crippen LogP contribution in [0.2, 0.25) is 4.34 Å². The SMILES string of the molecule is Cl.NCCC(=O)N1CCN(Cc2ccc(Cl)s2)CC1. The van der Waals surface area contributed by atoms with Crippen LogP contribution in [0.1, 0.15) is 11.3 Å². The van der Waals surface area contributed by atoms with Crippen LogP contribution in [0.5, 0.6) is 0 Å². The van der Waals surface area contributed by atoms with Crippen molar-refractivity contribution >= 4 is 41.3 Å². The van der Waals surface area contributed by atoms with Crippen LogP contribution in [0, 0.1) is 0 Å². The van der Waals surface area contributed by atoms with Crippen LogP contribution in [-0.4, -0.2) is 48.4 Å². The molecule has 0 unspecified atom stereocenters. The topological polar surface area (TPSA) is 49.6 Å². The maximum absolute atomic E-state index is 11.7. The Kier molecular flexibility index (Phi) is 7.10. The van der Waals surface area contributed by atoms with Gasteiger partial charge in [0.2, 0.25) is 5.91 Å². The van der Waals surface area contributed by atoms with Crippen molar-refractivity contribution in [2.24, 2.45) is 5.73 Å². The molecule has 1 aromatic heterocycles.